The van der Waals surface area contributed by atoms with Crippen molar-refractivity contribution < 1.29 is 10.2 Å². The number of aliphatic hydroxyl groups is 2. The minimum Gasteiger partial charge on any atom is -0.390 e. The first-order chi connectivity index (χ1) is 15.0. The third-order valence-corrected chi connectivity index (χ3v) is 11.5. The van der Waals surface area contributed by atoms with E-state index in [0.29, 0.717) is 22.7 Å². The molecular formula is C29H49NO2. The summed E-state index contributed by atoms with van der Waals surface area (Å²) in [5.41, 5.74) is -0.293. The third-order valence-electron chi connectivity index (χ3n) is 11.5. The Morgan fingerprint density at radius 2 is 1.72 bits per heavy atom. The SMILES string of the molecule is [C-]#[N+][C@H](CCCC(C)(C)O)[C@H]1CC[C@H]2[C@@H]3CC[C@H]4C[C@](O)(CC)CC[C@]4(C)[C@H]3CC[C@]12C. The molecule has 0 saturated heterocycles. The monoisotopic (exact) mass is 443 g/mol. The number of fused-ring (bicyclic) bond motifs is 5. The van der Waals surface area contributed by atoms with Crippen LogP contribution in [0.5, 0.6) is 0 Å². The van der Waals surface area contributed by atoms with E-state index in [2.05, 4.69) is 25.6 Å². The molecule has 4 saturated carbocycles. The molecule has 0 radical (unpaired) electrons. The summed E-state index contributed by atoms with van der Waals surface area (Å²) in [4.78, 5) is 4.18. The van der Waals surface area contributed by atoms with Gasteiger partial charge < -0.3 is 15.1 Å². The second-order valence-electron chi connectivity index (χ2n) is 13.6. The standard InChI is InChI=1S/C29H49NO2/c1-7-29(32)18-17-27(4)20(19-29)10-11-21-22-12-13-24(28(22,5)16-14-23(21)27)25(30-6)9-8-15-26(2,3)31/h20-25,31-32H,7-19H2,1-5H3/t20-,21-,22-,23-,24+,25+,27-,28-,29-/m0/s1. The van der Waals surface area contributed by atoms with Gasteiger partial charge in [0.2, 0.25) is 6.04 Å². The van der Waals surface area contributed by atoms with Crippen LogP contribution in [0.4, 0.5) is 0 Å². The Morgan fingerprint density at radius 1 is 1.00 bits per heavy atom. The topological polar surface area (TPSA) is 44.8 Å². The van der Waals surface area contributed by atoms with Crippen LogP contribution in [-0.2, 0) is 0 Å². The highest BCUT2D eigenvalue weighted by atomic mass is 16.3. The largest absolute Gasteiger partial charge is 0.390 e. The van der Waals surface area contributed by atoms with Gasteiger partial charge in [-0.3, -0.25) is 0 Å². The van der Waals surface area contributed by atoms with E-state index in [0.717, 1.165) is 56.3 Å². The fourth-order valence-corrected chi connectivity index (χ4v) is 9.42. The molecule has 0 aliphatic heterocycles. The Kier molecular flexibility index (Phi) is 6.57. The molecule has 2 N–H and O–H groups in total. The summed E-state index contributed by atoms with van der Waals surface area (Å²) in [5.74, 6) is 3.67. The van der Waals surface area contributed by atoms with Gasteiger partial charge in [-0.2, -0.15) is 0 Å². The van der Waals surface area contributed by atoms with Crippen LogP contribution in [0.1, 0.15) is 118 Å². The van der Waals surface area contributed by atoms with Crippen LogP contribution in [0.15, 0.2) is 0 Å². The number of rotatable bonds is 6. The van der Waals surface area contributed by atoms with Gasteiger partial charge in [0.05, 0.1) is 11.2 Å². The maximum Gasteiger partial charge on any atom is 0.227 e. The van der Waals surface area contributed by atoms with Crippen molar-refractivity contribution in [1.29, 1.82) is 0 Å². The Morgan fingerprint density at radius 3 is 2.38 bits per heavy atom. The van der Waals surface area contributed by atoms with Crippen LogP contribution < -0.4 is 0 Å². The number of hydrogen-bond acceptors (Lipinski definition) is 2. The minimum absolute atomic E-state index is 0.130. The molecule has 3 nitrogen and oxygen atoms in total. The summed E-state index contributed by atoms with van der Waals surface area (Å²) >= 11 is 0. The van der Waals surface area contributed by atoms with Crippen molar-refractivity contribution in [2.45, 2.75) is 135 Å². The van der Waals surface area contributed by atoms with Gasteiger partial charge in [-0.25, -0.2) is 6.57 Å². The van der Waals surface area contributed by atoms with Crippen molar-refractivity contribution in [3.05, 3.63) is 11.4 Å². The fraction of sp³-hybridized carbons (Fsp3) is 0.966. The van der Waals surface area contributed by atoms with Crippen LogP contribution in [-0.4, -0.2) is 27.5 Å². The van der Waals surface area contributed by atoms with Crippen LogP contribution in [0.25, 0.3) is 4.85 Å². The van der Waals surface area contributed by atoms with Gasteiger partial charge in [-0.15, -0.1) is 0 Å². The molecule has 0 aromatic heterocycles. The fourth-order valence-electron chi connectivity index (χ4n) is 9.42. The molecule has 0 amide bonds. The lowest BCUT2D eigenvalue weighted by atomic mass is 9.43. The lowest BCUT2D eigenvalue weighted by Crippen LogP contribution is -2.56. The zero-order valence-electron chi connectivity index (χ0n) is 21.5. The molecule has 182 valence electrons. The first-order valence-electron chi connectivity index (χ1n) is 13.8. The number of hydrogen-bond donors (Lipinski definition) is 2. The van der Waals surface area contributed by atoms with Gasteiger partial charge in [0, 0.05) is 12.3 Å². The van der Waals surface area contributed by atoms with Crippen LogP contribution in [0.2, 0.25) is 0 Å². The summed E-state index contributed by atoms with van der Waals surface area (Å²) in [6.07, 6.45) is 14.6. The molecule has 3 heteroatoms. The van der Waals surface area contributed by atoms with Gasteiger partial charge >= 0.3 is 0 Å². The van der Waals surface area contributed by atoms with E-state index in [-0.39, 0.29) is 6.04 Å². The van der Waals surface area contributed by atoms with Crippen molar-refractivity contribution in [3.8, 4) is 0 Å². The first-order valence-corrected chi connectivity index (χ1v) is 13.8. The van der Waals surface area contributed by atoms with E-state index >= 15 is 0 Å². The van der Waals surface area contributed by atoms with Gasteiger partial charge in [-0.1, -0.05) is 20.8 Å². The quantitative estimate of drug-likeness (QED) is 0.433. The molecule has 0 heterocycles. The maximum atomic E-state index is 11.0. The summed E-state index contributed by atoms with van der Waals surface area (Å²) in [6, 6.07) is 0.130. The lowest BCUT2D eigenvalue weighted by Gasteiger charge is -2.62. The highest BCUT2D eigenvalue weighted by Gasteiger charge is 2.62. The first kappa shape index (κ1) is 24.5. The molecule has 0 aromatic rings. The normalized spacial score (nSPS) is 47.1. The highest BCUT2D eigenvalue weighted by molar-refractivity contribution is 5.12. The van der Waals surface area contributed by atoms with Crippen molar-refractivity contribution in [2.75, 3.05) is 0 Å². The summed E-state index contributed by atoms with van der Waals surface area (Å²) in [7, 11) is 0. The van der Waals surface area contributed by atoms with E-state index < -0.39 is 11.2 Å². The Hall–Kier alpha value is -0.590. The minimum atomic E-state index is -0.620. The van der Waals surface area contributed by atoms with E-state index in [4.69, 9.17) is 6.57 Å². The highest BCUT2D eigenvalue weighted by Crippen LogP contribution is 2.68. The van der Waals surface area contributed by atoms with Gasteiger partial charge in [0.25, 0.3) is 0 Å². The van der Waals surface area contributed by atoms with Crippen molar-refractivity contribution in [2.24, 2.45) is 40.4 Å². The van der Waals surface area contributed by atoms with Gasteiger partial charge in [0.15, 0.2) is 0 Å². The second kappa shape index (κ2) is 8.57. The second-order valence-corrected chi connectivity index (χ2v) is 13.6. The van der Waals surface area contributed by atoms with Crippen LogP contribution in [0, 0.1) is 47.0 Å². The smallest absolute Gasteiger partial charge is 0.227 e. The molecule has 4 fully saturated rings. The maximum absolute atomic E-state index is 11.0. The number of nitrogens with zero attached hydrogens (tertiary/aromatic N) is 1. The summed E-state index contributed by atoms with van der Waals surface area (Å²) in [6.45, 7) is 19.0. The molecule has 0 unspecified atom stereocenters. The zero-order valence-corrected chi connectivity index (χ0v) is 21.5. The van der Waals surface area contributed by atoms with Gasteiger partial charge in [0.1, 0.15) is 0 Å². The summed E-state index contributed by atoms with van der Waals surface area (Å²) < 4.78 is 0. The molecule has 4 aliphatic rings. The molecule has 32 heavy (non-hydrogen) atoms. The van der Waals surface area contributed by atoms with E-state index in [1.54, 1.807) is 0 Å². The molecule has 4 aliphatic carbocycles. The molecule has 0 bridgehead atoms. The average molecular weight is 444 g/mol. The third kappa shape index (κ3) is 4.17. The van der Waals surface area contributed by atoms with Crippen molar-refractivity contribution in [1.82, 2.24) is 0 Å². The Bertz CT molecular complexity index is 722. The van der Waals surface area contributed by atoms with Gasteiger partial charge in [-0.05, 0) is 125 Å². The zero-order chi connectivity index (χ0) is 23.4. The van der Waals surface area contributed by atoms with E-state index in [1.807, 2.05) is 13.8 Å². The molecule has 0 aromatic carbocycles. The van der Waals surface area contributed by atoms with E-state index in [9.17, 15) is 10.2 Å². The molecule has 9 atom stereocenters. The summed E-state index contributed by atoms with van der Waals surface area (Å²) in [5, 5.41) is 21.1. The lowest BCUT2D eigenvalue weighted by molar-refractivity contribution is -0.151. The molecular weight excluding hydrogens is 394 g/mol. The predicted octanol–water partition coefficient (Wildman–Crippen LogP) is 7.02. The van der Waals surface area contributed by atoms with E-state index in [1.165, 1.54) is 44.9 Å². The van der Waals surface area contributed by atoms with Crippen LogP contribution in [0.3, 0.4) is 0 Å². The average Bonchev–Trinajstić information content (AvgIpc) is 3.08. The molecule has 0 spiro atoms. The van der Waals surface area contributed by atoms with Crippen LogP contribution >= 0.6 is 0 Å². The Balaban J connectivity index is 1.48. The van der Waals surface area contributed by atoms with Crippen molar-refractivity contribution >= 4 is 0 Å². The van der Waals surface area contributed by atoms with Crippen molar-refractivity contribution in [3.63, 3.8) is 0 Å². The predicted molar refractivity (Wildman–Crippen MR) is 131 cm³/mol. The molecule has 4 rings (SSSR count). The Labute approximate surface area is 197 Å².